The molecule has 0 aromatic heterocycles. The lowest BCUT2D eigenvalue weighted by molar-refractivity contribution is -0.143. The Kier molecular flexibility index (Phi) is 6.54. The molecule has 0 bridgehead atoms. The fraction of sp³-hybridized carbons (Fsp3) is 0.350. The van der Waals surface area contributed by atoms with Gasteiger partial charge in [-0.25, -0.2) is 8.78 Å². The minimum absolute atomic E-state index is 0.0362. The number of amides is 1. The summed E-state index contributed by atoms with van der Waals surface area (Å²) in [5, 5.41) is -0.513. The number of carbonyl (C=O) groups excluding carboxylic acids is 1. The SMILES string of the molecule is O=C(c1cc(C(F)(F)F)cc(C(F)(F)F)c1)N1CCSC(c2cc(F)ccc2F)CC1. The summed E-state index contributed by atoms with van der Waals surface area (Å²) in [5.74, 6) is -2.01. The number of rotatable bonds is 2. The summed E-state index contributed by atoms with van der Waals surface area (Å²) in [6.07, 6.45) is -9.97. The molecule has 1 atom stereocenters. The van der Waals surface area contributed by atoms with Gasteiger partial charge in [-0.1, -0.05) is 0 Å². The maximum atomic E-state index is 14.0. The highest BCUT2D eigenvalue weighted by molar-refractivity contribution is 7.99. The minimum Gasteiger partial charge on any atom is -0.338 e. The predicted molar refractivity (Wildman–Crippen MR) is 98.5 cm³/mol. The van der Waals surface area contributed by atoms with Gasteiger partial charge in [0.25, 0.3) is 5.91 Å². The number of hydrogen-bond acceptors (Lipinski definition) is 2. The molecular weight excluding hydrogens is 454 g/mol. The molecule has 1 aliphatic rings. The van der Waals surface area contributed by atoms with E-state index in [0.29, 0.717) is 12.1 Å². The van der Waals surface area contributed by atoms with Crippen LogP contribution in [-0.2, 0) is 12.4 Å². The number of hydrogen-bond donors (Lipinski definition) is 0. The van der Waals surface area contributed by atoms with Gasteiger partial charge in [-0.2, -0.15) is 38.1 Å². The molecule has 168 valence electrons. The highest BCUT2D eigenvalue weighted by atomic mass is 32.2. The van der Waals surface area contributed by atoms with Gasteiger partial charge in [-0.3, -0.25) is 4.79 Å². The van der Waals surface area contributed by atoms with Crippen molar-refractivity contribution in [3.8, 4) is 0 Å². The lowest BCUT2D eigenvalue weighted by atomic mass is 10.0. The lowest BCUT2D eigenvalue weighted by Crippen LogP contribution is -2.33. The van der Waals surface area contributed by atoms with Crippen LogP contribution >= 0.6 is 11.8 Å². The molecule has 0 N–H and O–H groups in total. The van der Waals surface area contributed by atoms with Gasteiger partial charge < -0.3 is 4.90 Å². The van der Waals surface area contributed by atoms with E-state index >= 15 is 0 Å². The van der Waals surface area contributed by atoms with E-state index in [0.717, 1.165) is 23.1 Å². The Labute approximate surface area is 176 Å². The Morgan fingerprint density at radius 1 is 0.903 bits per heavy atom. The normalized spacial score (nSPS) is 18.1. The van der Waals surface area contributed by atoms with Crippen LogP contribution in [0.2, 0.25) is 0 Å². The van der Waals surface area contributed by atoms with Crippen molar-refractivity contribution >= 4 is 17.7 Å². The van der Waals surface area contributed by atoms with Crippen molar-refractivity contribution in [2.75, 3.05) is 18.8 Å². The van der Waals surface area contributed by atoms with Crippen LogP contribution in [0.1, 0.15) is 38.7 Å². The summed E-state index contributed by atoms with van der Waals surface area (Å²) < 4.78 is 106. The average molecular weight is 469 g/mol. The number of halogens is 8. The van der Waals surface area contributed by atoms with Gasteiger partial charge >= 0.3 is 12.4 Å². The first-order valence-corrected chi connectivity index (χ1v) is 10.1. The van der Waals surface area contributed by atoms with Crippen LogP contribution < -0.4 is 0 Å². The molecule has 3 rings (SSSR count). The quantitative estimate of drug-likeness (QED) is 0.480. The van der Waals surface area contributed by atoms with E-state index in [1.165, 1.54) is 11.8 Å². The summed E-state index contributed by atoms with van der Waals surface area (Å²) in [6.45, 7) is -0.00141. The Hall–Kier alpha value is -2.30. The summed E-state index contributed by atoms with van der Waals surface area (Å²) in [6, 6.07) is 3.70. The summed E-state index contributed by atoms with van der Waals surface area (Å²) >= 11 is 1.23. The van der Waals surface area contributed by atoms with Gasteiger partial charge in [-0.05, 0) is 42.8 Å². The maximum Gasteiger partial charge on any atom is 0.416 e. The van der Waals surface area contributed by atoms with Crippen LogP contribution in [0.15, 0.2) is 36.4 Å². The first kappa shape index (κ1) is 23.4. The summed E-state index contributed by atoms with van der Waals surface area (Å²) in [5.41, 5.74) is -3.79. The molecule has 0 radical (unpaired) electrons. The highest BCUT2D eigenvalue weighted by Crippen LogP contribution is 2.38. The van der Waals surface area contributed by atoms with E-state index in [1.54, 1.807) is 0 Å². The van der Waals surface area contributed by atoms with Crippen molar-refractivity contribution in [2.45, 2.75) is 24.0 Å². The van der Waals surface area contributed by atoms with Crippen molar-refractivity contribution in [2.24, 2.45) is 0 Å². The van der Waals surface area contributed by atoms with Crippen molar-refractivity contribution in [1.82, 2.24) is 4.90 Å². The molecule has 1 unspecified atom stereocenters. The van der Waals surface area contributed by atoms with E-state index in [1.807, 2.05) is 0 Å². The van der Waals surface area contributed by atoms with Gasteiger partial charge in [0, 0.05) is 35.2 Å². The van der Waals surface area contributed by atoms with Crippen molar-refractivity contribution in [3.63, 3.8) is 0 Å². The Morgan fingerprint density at radius 2 is 1.52 bits per heavy atom. The average Bonchev–Trinajstić information content (AvgIpc) is 2.93. The number of benzene rings is 2. The van der Waals surface area contributed by atoms with Crippen molar-refractivity contribution in [3.05, 3.63) is 70.3 Å². The molecule has 2 aromatic carbocycles. The number of thioether (sulfide) groups is 1. The highest BCUT2D eigenvalue weighted by Gasteiger charge is 2.38. The minimum atomic E-state index is -5.06. The fourth-order valence-corrected chi connectivity index (χ4v) is 4.49. The maximum absolute atomic E-state index is 14.0. The Morgan fingerprint density at radius 3 is 2.10 bits per heavy atom. The van der Waals surface area contributed by atoms with E-state index in [2.05, 4.69) is 0 Å². The third-order valence-corrected chi connectivity index (χ3v) is 6.08. The predicted octanol–water partition coefficient (Wildman–Crippen LogP) is 6.32. The number of carbonyl (C=O) groups is 1. The van der Waals surface area contributed by atoms with E-state index in [9.17, 15) is 39.9 Å². The van der Waals surface area contributed by atoms with E-state index < -0.39 is 51.8 Å². The first-order valence-electron chi connectivity index (χ1n) is 9.01. The van der Waals surface area contributed by atoms with E-state index in [-0.39, 0.29) is 36.9 Å². The van der Waals surface area contributed by atoms with Crippen LogP contribution in [0.4, 0.5) is 35.1 Å². The zero-order valence-corrected chi connectivity index (χ0v) is 16.5. The van der Waals surface area contributed by atoms with Gasteiger partial charge in [0.2, 0.25) is 0 Å². The van der Waals surface area contributed by atoms with Gasteiger partial charge in [0.05, 0.1) is 11.1 Å². The molecular formula is C20H15F8NOS. The van der Waals surface area contributed by atoms with Crippen LogP contribution in [-0.4, -0.2) is 29.6 Å². The Balaban J connectivity index is 1.85. The second-order valence-electron chi connectivity index (χ2n) is 6.90. The Bertz CT molecular complexity index is 940. The molecule has 1 saturated heterocycles. The molecule has 2 aromatic rings. The van der Waals surface area contributed by atoms with Crippen LogP contribution in [0.5, 0.6) is 0 Å². The third kappa shape index (κ3) is 5.50. The molecule has 0 saturated carbocycles. The number of nitrogens with zero attached hydrogens (tertiary/aromatic N) is 1. The van der Waals surface area contributed by atoms with Crippen LogP contribution in [0, 0.1) is 11.6 Å². The number of alkyl halides is 6. The fourth-order valence-electron chi connectivity index (χ4n) is 3.24. The summed E-state index contributed by atoms with van der Waals surface area (Å²) in [7, 11) is 0. The van der Waals surface area contributed by atoms with Gasteiger partial charge in [-0.15, -0.1) is 0 Å². The molecule has 1 fully saturated rings. The molecule has 2 nitrogen and oxygen atoms in total. The third-order valence-electron chi connectivity index (χ3n) is 4.77. The topological polar surface area (TPSA) is 20.3 Å². The zero-order chi connectivity index (χ0) is 23.0. The van der Waals surface area contributed by atoms with Gasteiger partial charge in [0.15, 0.2) is 0 Å². The second-order valence-corrected chi connectivity index (χ2v) is 8.21. The molecule has 1 amide bonds. The zero-order valence-electron chi connectivity index (χ0n) is 15.7. The second kappa shape index (κ2) is 8.68. The molecule has 1 heterocycles. The molecule has 31 heavy (non-hydrogen) atoms. The van der Waals surface area contributed by atoms with Crippen molar-refractivity contribution in [1.29, 1.82) is 0 Å². The molecule has 0 aliphatic carbocycles. The van der Waals surface area contributed by atoms with Gasteiger partial charge in [0.1, 0.15) is 11.6 Å². The van der Waals surface area contributed by atoms with Crippen LogP contribution in [0.3, 0.4) is 0 Å². The first-order chi connectivity index (χ1) is 14.4. The van der Waals surface area contributed by atoms with E-state index in [4.69, 9.17) is 0 Å². The molecule has 0 spiro atoms. The summed E-state index contributed by atoms with van der Waals surface area (Å²) in [4.78, 5) is 13.8. The monoisotopic (exact) mass is 469 g/mol. The lowest BCUT2D eigenvalue weighted by Gasteiger charge is -2.22. The molecule has 11 heteroatoms. The molecule has 1 aliphatic heterocycles. The smallest absolute Gasteiger partial charge is 0.338 e. The van der Waals surface area contributed by atoms with Crippen LogP contribution in [0.25, 0.3) is 0 Å². The van der Waals surface area contributed by atoms with Crippen molar-refractivity contribution < 1.29 is 39.9 Å². The largest absolute Gasteiger partial charge is 0.416 e. The standard InChI is InChI=1S/C20H15F8NOS/c21-14-1-2-16(22)15(10-14)17-3-4-29(5-6-31-17)18(30)11-7-12(19(23,24)25)9-13(8-11)20(26,27)28/h1-2,7-10,17H,3-6H2.